The van der Waals surface area contributed by atoms with Crippen LogP contribution in [0.2, 0.25) is 0 Å². The summed E-state index contributed by atoms with van der Waals surface area (Å²) in [6.45, 7) is 0. The van der Waals surface area contributed by atoms with Gasteiger partial charge in [0.05, 0.1) is 17.6 Å². The molecule has 0 bridgehead atoms. The molecule has 2 heterocycles. The van der Waals surface area contributed by atoms with Crippen LogP contribution in [0.25, 0.3) is 21.2 Å². The van der Waals surface area contributed by atoms with Gasteiger partial charge in [0.2, 0.25) is 5.92 Å². The number of rotatable bonds is 4. The summed E-state index contributed by atoms with van der Waals surface area (Å²) in [6.07, 6.45) is 3.43. The van der Waals surface area contributed by atoms with Crippen LogP contribution >= 0.6 is 11.3 Å². The summed E-state index contributed by atoms with van der Waals surface area (Å²) in [6, 6.07) is 10.1. The zero-order chi connectivity index (χ0) is 21.8. The highest BCUT2D eigenvalue weighted by molar-refractivity contribution is 7.17. The topological polar surface area (TPSA) is 55.0 Å². The van der Waals surface area contributed by atoms with Crippen LogP contribution in [0.5, 0.6) is 5.75 Å². The normalized spacial score (nSPS) is 19.8. The third-order valence-corrected chi connectivity index (χ3v) is 7.44. The number of pyridine rings is 1. The van der Waals surface area contributed by atoms with E-state index in [1.165, 1.54) is 11.3 Å². The van der Waals surface area contributed by atoms with E-state index in [1.807, 2.05) is 29.6 Å². The first-order valence-electron chi connectivity index (χ1n) is 10.5. The minimum absolute atomic E-state index is 0.0578. The summed E-state index contributed by atoms with van der Waals surface area (Å²) < 4.78 is 35.7. The Hall–Kier alpha value is -2.72. The van der Waals surface area contributed by atoms with E-state index >= 15 is 0 Å². The molecular weight excluding hydrogens is 418 g/mol. The van der Waals surface area contributed by atoms with Gasteiger partial charge in [-0.3, -0.25) is 4.79 Å². The monoisotopic (exact) mass is 440 g/mol. The molecule has 0 unspecified atom stereocenters. The number of thiophene rings is 1. The molecule has 2 aromatic heterocycles. The molecule has 0 spiro atoms. The molecule has 3 aromatic rings. The quantitative estimate of drug-likeness (QED) is 0.517. The van der Waals surface area contributed by atoms with Crippen LogP contribution in [0.4, 0.5) is 8.78 Å². The van der Waals surface area contributed by atoms with Crippen LogP contribution in [0.3, 0.4) is 0 Å². The number of nitriles is 1. The van der Waals surface area contributed by atoms with Crippen molar-refractivity contribution in [2.75, 3.05) is 0 Å². The molecule has 1 aromatic carbocycles. The van der Waals surface area contributed by atoms with E-state index in [-0.39, 0.29) is 24.5 Å². The first kappa shape index (κ1) is 20.2. The Kier molecular flexibility index (Phi) is 4.67. The fourth-order valence-electron chi connectivity index (χ4n) is 4.43. The molecule has 4 nitrogen and oxygen atoms in total. The molecule has 2 aliphatic carbocycles. The average Bonchev–Trinajstić information content (AvgIpc) is 3.40. The number of fused-ring (bicyclic) bond motifs is 1. The molecule has 2 fully saturated rings. The maximum Gasteiger partial charge on any atom is 0.268 e. The van der Waals surface area contributed by atoms with Gasteiger partial charge in [0.15, 0.2) is 0 Å². The van der Waals surface area contributed by atoms with Gasteiger partial charge in [-0.1, -0.05) is 6.07 Å². The molecule has 0 atom stereocenters. The van der Waals surface area contributed by atoms with Gasteiger partial charge in [0.1, 0.15) is 10.4 Å². The Bertz CT molecular complexity index is 1260. The second-order valence-corrected chi connectivity index (χ2v) is 9.62. The SMILES string of the molecule is Cn1cc(-c2cc(C3(C#N)CC3)ccc2OC2CCC(F)(F)CC2)c2ccsc2c1=O. The number of aryl methyl sites for hydroxylation is 1. The number of ether oxygens (including phenoxy) is 1. The number of hydrogen-bond acceptors (Lipinski definition) is 4. The van der Waals surface area contributed by atoms with Gasteiger partial charge in [-0.25, -0.2) is 8.78 Å². The lowest BCUT2D eigenvalue weighted by Crippen LogP contribution is -2.30. The largest absolute Gasteiger partial charge is 0.490 e. The third kappa shape index (κ3) is 3.53. The highest BCUT2D eigenvalue weighted by Crippen LogP contribution is 2.50. The summed E-state index contributed by atoms with van der Waals surface area (Å²) >= 11 is 1.39. The Morgan fingerprint density at radius 3 is 2.58 bits per heavy atom. The van der Waals surface area contributed by atoms with Crippen molar-refractivity contribution >= 4 is 21.4 Å². The van der Waals surface area contributed by atoms with E-state index in [0.29, 0.717) is 23.3 Å². The molecule has 160 valence electrons. The van der Waals surface area contributed by atoms with E-state index in [4.69, 9.17) is 4.74 Å². The predicted octanol–water partition coefficient (Wildman–Crippen LogP) is 5.78. The first-order valence-corrected chi connectivity index (χ1v) is 11.4. The second kappa shape index (κ2) is 7.16. The van der Waals surface area contributed by atoms with Gasteiger partial charge in [0, 0.05) is 42.6 Å². The number of nitrogens with zero attached hydrogens (tertiary/aromatic N) is 2. The van der Waals surface area contributed by atoms with Crippen molar-refractivity contribution < 1.29 is 13.5 Å². The summed E-state index contributed by atoms with van der Waals surface area (Å²) in [5.41, 5.74) is 2.07. The van der Waals surface area contributed by atoms with E-state index in [9.17, 15) is 18.8 Å². The third-order valence-electron chi connectivity index (χ3n) is 6.54. The smallest absolute Gasteiger partial charge is 0.268 e. The second-order valence-electron chi connectivity index (χ2n) is 8.70. The van der Waals surface area contributed by atoms with Crippen molar-refractivity contribution in [1.82, 2.24) is 4.57 Å². The van der Waals surface area contributed by atoms with Crippen molar-refractivity contribution in [1.29, 1.82) is 5.26 Å². The molecule has 7 heteroatoms. The summed E-state index contributed by atoms with van der Waals surface area (Å²) in [4.78, 5) is 12.5. The predicted molar refractivity (Wildman–Crippen MR) is 117 cm³/mol. The van der Waals surface area contributed by atoms with Crippen molar-refractivity contribution in [2.45, 2.75) is 56.0 Å². The van der Waals surface area contributed by atoms with Crippen LogP contribution in [0.1, 0.15) is 44.1 Å². The molecule has 5 rings (SSSR count). The zero-order valence-corrected chi connectivity index (χ0v) is 18.0. The van der Waals surface area contributed by atoms with E-state index in [1.54, 1.807) is 17.8 Å². The average molecular weight is 441 g/mol. The van der Waals surface area contributed by atoms with Crippen LogP contribution < -0.4 is 10.3 Å². The number of alkyl halides is 2. The van der Waals surface area contributed by atoms with E-state index < -0.39 is 11.3 Å². The number of halogens is 2. The lowest BCUT2D eigenvalue weighted by molar-refractivity contribution is -0.0581. The van der Waals surface area contributed by atoms with Gasteiger partial charge in [0.25, 0.3) is 5.56 Å². The van der Waals surface area contributed by atoms with Crippen LogP contribution in [-0.4, -0.2) is 16.6 Å². The molecule has 31 heavy (non-hydrogen) atoms. The maximum absolute atomic E-state index is 13.6. The zero-order valence-electron chi connectivity index (χ0n) is 17.2. The Morgan fingerprint density at radius 1 is 1.16 bits per heavy atom. The molecular formula is C24H22F2N2O2S. The molecule has 0 aliphatic heterocycles. The lowest BCUT2D eigenvalue weighted by atomic mass is 9.92. The molecule has 2 saturated carbocycles. The number of benzene rings is 1. The minimum atomic E-state index is -2.61. The maximum atomic E-state index is 13.6. The fourth-order valence-corrected chi connectivity index (χ4v) is 5.32. The lowest BCUT2D eigenvalue weighted by Gasteiger charge is -2.29. The van der Waals surface area contributed by atoms with Crippen molar-refractivity contribution in [2.24, 2.45) is 7.05 Å². The van der Waals surface area contributed by atoms with Crippen LogP contribution in [0, 0.1) is 11.3 Å². The molecule has 2 aliphatic rings. The van der Waals surface area contributed by atoms with Crippen molar-refractivity contribution in [3.05, 3.63) is 51.8 Å². The van der Waals surface area contributed by atoms with Gasteiger partial charge < -0.3 is 9.30 Å². The first-order chi connectivity index (χ1) is 14.8. The van der Waals surface area contributed by atoms with Crippen LogP contribution in [0.15, 0.2) is 40.6 Å². The fraction of sp³-hybridized carbons (Fsp3) is 0.417. The van der Waals surface area contributed by atoms with E-state index in [2.05, 4.69) is 6.07 Å². The molecule has 0 amide bonds. The molecule has 0 N–H and O–H groups in total. The van der Waals surface area contributed by atoms with Gasteiger partial charge in [-0.2, -0.15) is 5.26 Å². The Balaban J connectivity index is 1.62. The Labute approximate surface area is 182 Å². The van der Waals surface area contributed by atoms with Crippen molar-refractivity contribution in [3.8, 4) is 22.9 Å². The van der Waals surface area contributed by atoms with Crippen LogP contribution in [-0.2, 0) is 12.5 Å². The van der Waals surface area contributed by atoms with Gasteiger partial charge >= 0.3 is 0 Å². The standard InChI is InChI=1S/C24H22F2N2O2S/c1-28-13-19(17-6-11-31-21(17)22(28)29)18-12-15(23(14-27)9-10-23)2-3-20(18)30-16-4-7-24(25,26)8-5-16/h2-3,6,11-13,16H,4-5,7-10H2,1H3. The van der Waals surface area contributed by atoms with Gasteiger partial charge in [-0.05, 0) is 54.8 Å². The summed E-state index contributed by atoms with van der Waals surface area (Å²) in [7, 11) is 1.72. The molecule has 0 saturated heterocycles. The highest BCUT2D eigenvalue weighted by atomic mass is 32.1. The van der Waals surface area contributed by atoms with E-state index in [0.717, 1.165) is 34.9 Å². The number of hydrogen-bond donors (Lipinski definition) is 0. The van der Waals surface area contributed by atoms with Crippen molar-refractivity contribution in [3.63, 3.8) is 0 Å². The molecule has 0 radical (unpaired) electrons. The Morgan fingerprint density at radius 2 is 1.90 bits per heavy atom. The van der Waals surface area contributed by atoms with Gasteiger partial charge in [-0.15, -0.1) is 11.3 Å². The number of aromatic nitrogens is 1. The highest BCUT2D eigenvalue weighted by Gasteiger charge is 2.45. The summed E-state index contributed by atoms with van der Waals surface area (Å²) in [5, 5.41) is 12.4. The minimum Gasteiger partial charge on any atom is -0.490 e. The summed E-state index contributed by atoms with van der Waals surface area (Å²) in [5.74, 6) is -2.00.